The normalized spacial score (nSPS) is 14.8. The Morgan fingerprint density at radius 3 is 1.00 bits per heavy atom. The van der Waals surface area contributed by atoms with E-state index in [1.54, 1.807) is 9.47 Å². The summed E-state index contributed by atoms with van der Waals surface area (Å²) in [7, 11) is -15.0. The zero-order valence-electron chi connectivity index (χ0n) is 18.1. The van der Waals surface area contributed by atoms with Gasteiger partial charge in [-0.25, -0.2) is 9.47 Å². The third-order valence-corrected chi connectivity index (χ3v) is 5.22. The molecule has 9 nitrogen and oxygen atoms in total. The van der Waals surface area contributed by atoms with Crippen molar-refractivity contribution in [2.45, 2.75) is 67.1 Å². The molecule has 0 spiro atoms. The molecule has 0 heterocycles. The molecule has 0 aliphatic carbocycles. The maximum atomic E-state index is 12.7. The van der Waals surface area contributed by atoms with E-state index in [0.717, 1.165) is 0 Å². The van der Waals surface area contributed by atoms with E-state index >= 15 is 0 Å². The Morgan fingerprint density at radius 2 is 0.814 bits per heavy atom. The van der Waals surface area contributed by atoms with Crippen molar-refractivity contribution in [3.8, 4) is 0 Å². The van der Waals surface area contributed by atoms with Gasteiger partial charge in [0, 0.05) is 1.43 Å². The molecule has 0 rings (SSSR count). The smallest absolute Gasteiger partial charge is 0.464 e. The van der Waals surface area contributed by atoms with Gasteiger partial charge in [-0.1, -0.05) is 15.2 Å². The molecule has 0 fully saturated rings. The van der Waals surface area contributed by atoms with E-state index in [4.69, 9.17) is 5.11 Å². The number of halogens is 19. The fourth-order valence-corrected chi connectivity index (χ4v) is 2.26. The fraction of sp³-hybridized carbons (Fsp3) is 0.846. The first-order valence-electron chi connectivity index (χ1n) is 8.46. The Balaban J connectivity index is -0.000000348. The van der Waals surface area contributed by atoms with Crippen molar-refractivity contribution in [3.63, 3.8) is 0 Å². The topological polar surface area (TPSA) is 141 Å². The molecule has 0 aromatic carbocycles. The lowest BCUT2D eigenvalue weighted by molar-refractivity contribution is -0.455. The summed E-state index contributed by atoms with van der Waals surface area (Å²) in [6, 6.07) is 0. The average molecular weight is 754 g/mol. The van der Waals surface area contributed by atoms with Crippen LogP contribution in [0.4, 0.5) is 78.0 Å². The Labute approximate surface area is 231 Å². The molecule has 0 atom stereocenters. The van der Waals surface area contributed by atoms with Crippen LogP contribution in [0.2, 0.25) is 0 Å². The minimum absolute atomic E-state index is 0. The van der Waals surface area contributed by atoms with E-state index in [1.165, 1.54) is 0 Å². The monoisotopic (exact) mass is 753 g/mol. The maximum absolute atomic E-state index is 12.7. The van der Waals surface area contributed by atoms with Crippen molar-refractivity contribution in [3.05, 3.63) is 0 Å². The molecule has 0 saturated heterocycles. The Hall–Kier alpha value is -2.01. The van der Waals surface area contributed by atoms with Crippen LogP contribution in [0.5, 0.6) is 0 Å². The van der Waals surface area contributed by atoms with Crippen molar-refractivity contribution in [2.24, 2.45) is 0 Å². The summed E-state index contributed by atoms with van der Waals surface area (Å²) in [5, 5.41) is -8.13. The number of hydrogen-bond acceptors (Lipinski definition) is 8. The Morgan fingerprint density at radius 1 is 0.581 bits per heavy atom. The highest BCUT2D eigenvalue weighted by Crippen LogP contribution is 2.49. The fourth-order valence-electron chi connectivity index (χ4n) is 1.44. The molecule has 0 radical (unpaired) electrons. The number of carboxylic acid groups (broad SMARTS) is 1. The number of carboxylic acids is 1. The van der Waals surface area contributed by atoms with Crippen LogP contribution in [0, 0.1) is 0 Å². The van der Waals surface area contributed by atoms with Gasteiger partial charge in [0.2, 0.25) is 5.24 Å². The molecular weight excluding hydrogens is 742 g/mol. The SMILES string of the molecule is C.O=C(Cl)CC(F)(F)C(F)(F)OC(F)(F)C(F)(F)S(=O)(=O)F.O=C(O)CC(F)(F)C(F)(F)OC(F)(F)C(F)(F)S(=O)(=O)F.[2HH]. The number of ether oxygens (including phenoxy) is 2. The first-order chi connectivity index (χ1) is 17.7. The van der Waals surface area contributed by atoms with E-state index in [1.807, 2.05) is 0 Å². The molecule has 0 aromatic rings. The predicted molar refractivity (Wildman–Crippen MR) is 98.4 cm³/mol. The largest absolute Gasteiger partial charge is 0.481 e. The maximum Gasteiger partial charge on any atom is 0.464 e. The molecule has 0 amide bonds. The second-order valence-electron chi connectivity index (χ2n) is 6.69. The van der Waals surface area contributed by atoms with E-state index in [2.05, 4.69) is 11.6 Å². The second-order valence-corrected chi connectivity index (χ2v) is 9.89. The lowest BCUT2D eigenvalue weighted by Crippen LogP contribution is -2.55. The number of alkyl halides is 16. The summed E-state index contributed by atoms with van der Waals surface area (Å²) in [6.45, 7) is 0. The van der Waals surface area contributed by atoms with Crippen LogP contribution in [-0.4, -0.2) is 79.9 Å². The molecular formula is C13H11ClF18O9S2. The van der Waals surface area contributed by atoms with Crippen molar-refractivity contribution < 1.29 is 120 Å². The van der Waals surface area contributed by atoms with Crippen LogP contribution in [-0.2, 0) is 39.5 Å². The zero-order chi connectivity index (χ0) is 35.0. The third-order valence-electron chi connectivity index (χ3n) is 3.39. The highest BCUT2D eigenvalue weighted by atomic mass is 35.5. The molecule has 0 saturated carbocycles. The van der Waals surface area contributed by atoms with Crippen LogP contribution < -0.4 is 0 Å². The summed E-state index contributed by atoms with van der Waals surface area (Å²) >= 11 is 4.30. The summed E-state index contributed by atoms with van der Waals surface area (Å²) in [5.41, 5.74) is 0. The van der Waals surface area contributed by atoms with Gasteiger partial charge in [-0.3, -0.25) is 9.59 Å². The Kier molecular flexibility index (Phi) is 13.9. The minimum Gasteiger partial charge on any atom is -0.481 e. The van der Waals surface area contributed by atoms with Gasteiger partial charge in [0.15, 0.2) is 0 Å². The van der Waals surface area contributed by atoms with Gasteiger partial charge < -0.3 is 5.11 Å². The Bertz CT molecular complexity index is 1130. The van der Waals surface area contributed by atoms with Gasteiger partial charge in [0.1, 0.15) is 6.42 Å². The molecule has 30 heteroatoms. The molecule has 43 heavy (non-hydrogen) atoms. The standard InChI is InChI=1S/C6H2ClF9O4S.C6H3F9O5S.CH4.H2/c7-2(17)1-3(8,9)4(10,11)20-5(12,13)6(14,15)21(16,18)19;7-3(8,1-2(16)17)4(9,10)20-5(11,12)6(13,14)21(15,18)19;;/h1H2;1H2,(H,16,17);1H4;1H/i;;;1+1. The van der Waals surface area contributed by atoms with Crippen molar-refractivity contribution >= 4 is 43.3 Å². The van der Waals surface area contributed by atoms with Gasteiger partial charge in [-0.15, -0.1) is 0 Å². The van der Waals surface area contributed by atoms with Crippen LogP contribution >= 0.6 is 11.6 Å². The minimum atomic E-state index is -7.50. The number of carbonyl (C=O) groups is 2. The van der Waals surface area contributed by atoms with Crippen molar-refractivity contribution in [2.75, 3.05) is 0 Å². The quantitative estimate of drug-likeness (QED) is 0.169. The highest BCUT2D eigenvalue weighted by Gasteiger charge is 2.76. The first-order valence-corrected chi connectivity index (χ1v) is 11.6. The van der Waals surface area contributed by atoms with Gasteiger partial charge in [0.05, 0.1) is 6.42 Å². The molecule has 0 aromatic heterocycles. The van der Waals surface area contributed by atoms with E-state index in [9.17, 15) is 104 Å². The van der Waals surface area contributed by atoms with Crippen LogP contribution in [0.3, 0.4) is 0 Å². The van der Waals surface area contributed by atoms with E-state index in [0.29, 0.717) is 0 Å². The highest BCUT2D eigenvalue weighted by molar-refractivity contribution is 7.87. The number of rotatable bonds is 14. The molecule has 262 valence electrons. The molecule has 0 aliphatic heterocycles. The van der Waals surface area contributed by atoms with Gasteiger partial charge >= 0.3 is 73.2 Å². The number of carbonyl (C=O) groups excluding carboxylic acids is 1. The van der Waals surface area contributed by atoms with E-state index < -0.39 is 91.3 Å². The lowest BCUT2D eigenvalue weighted by Gasteiger charge is -2.30. The van der Waals surface area contributed by atoms with E-state index in [-0.39, 0.29) is 8.85 Å². The lowest BCUT2D eigenvalue weighted by atomic mass is 10.2. The average Bonchev–Trinajstić information content (AvgIpc) is 2.62. The van der Waals surface area contributed by atoms with Crippen LogP contribution in [0.15, 0.2) is 0 Å². The molecule has 1 N–H and O–H groups in total. The van der Waals surface area contributed by atoms with Crippen molar-refractivity contribution in [1.29, 1.82) is 0 Å². The third kappa shape index (κ3) is 10.5. The predicted octanol–water partition coefficient (Wildman–Crippen LogP) is 5.94. The summed E-state index contributed by atoms with van der Waals surface area (Å²) < 4.78 is 267. The molecule has 0 aliphatic rings. The summed E-state index contributed by atoms with van der Waals surface area (Å²) in [6.07, 6.45) is -32.2. The van der Waals surface area contributed by atoms with Gasteiger partial charge in [0.25, 0.3) is 0 Å². The van der Waals surface area contributed by atoms with Gasteiger partial charge in [-0.05, 0) is 11.6 Å². The number of aliphatic carboxylic acids is 1. The zero-order valence-corrected chi connectivity index (χ0v) is 20.5. The summed E-state index contributed by atoms with van der Waals surface area (Å²) in [5.74, 6) is -14.4. The molecule has 0 unspecified atom stereocenters. The van der Waals surface area contributed by atoms with Crippen LogP contribution in [0.25, 0.3) is 0 Å². The first kappa shape index (κ1) is 45.4. The van der Waals surface area contributed by atoms with Crippen LogP contribution in [0.1, 0.15) is 21.7 Å². The van der Waals surface area contributed by atoms with Crippen molar-refractivity contribution in [1.82, 2.24) is 0 Å². The second kappa shape index (κ2) is 13.2. The number of hydrogen-bond donors (Lipinski definition) is 1. The summed E-state index contributed by atoms with van der Waals surface area (Å²) in [4.78, 5) is 19.9. The van der Waals surface area contributed by atoms with Gasteiger partial charge in [-0.2, -0.15) is 87.1 Å². The molecule has 0 bridgehead atoms.